The minimum atomic E-state index is -0.439. The molecule has 2 N–H and O–H groups in total. The van der Waals surface area contributed by atoms with Crippen molar-refractivity contribution in [3.63, 3.8) is 0 Å². The molecule has 1 heterocycles. The molecule has 0 aliphatic heterocycles. The molecule has 17 heavy (non-hydrogen) atoms. The van der Waals surface area contributed by atoms with E-state index in [4.69, 9.17) is 10.5 Å². The number of hydrogen-bond donors (Lipinski definition) is 1. The van der Waals surface area contributed by atoms with Crippen LogP contribution >= 0.6 is 0 Å². The molecule has 1 rings (SSSR count). The monoisotopic (exact) mass is 239 g/mol. The zero-order chi connectivity index (χ0) is 13.2. The highest BCUT2D eigenvalue weighted by molar-refractivity contribution is 5.69. The zero-order valence-corrected chi connectivity index (χ0v) is 11.2. The van der Waals surface area contributed by atoms with Crippen LogP contribution in [0.15, 0.2) is 0 Å². The average Bonchev–Trinajstić information content (AvgIpc) is 2.40. The molecule has 5 heteroatoms. The van der Waals surface area contributed by atoms with Crippen LogP contribution in [0.1, 0.15) is 38.6 Å². The van der Waals surface area contributed by atoms with Gasteiger partial charge in [0.2, 0.25) is 0 Å². The first-order valence-corrected chi connectivity index (χ1v) is 5.72. The number of nitrogens with two attached hydrogens (primary N) is 1. The Morgan fingerprint density at radius 2 is 2.00 bits per heavy atom. The van der Waals surface area contributed by atoms with Crippen LogP contribution in [0, 0.1) is 13.8 Å². The van der Waals surface area contributed by atoms with Crippen molar-refractivity contribution in [1.82, 2.24) is 9.78 Å². The highest BCUT2D eigenvalue weighted by Crippen LogP contribution is 2.15. The van der Waals surface area contributed by atoms with Gasteiger partial charge in [0.1, 0.15) is 5.60 Å². The van der Waals surface area contributed by atoms with E-state index in [1.54, 1.807) is 4.68 Å². The Morgan fingerprint density at radius 3 is 2.41 bits per heavy atom. The van der Waals surface area contributed by atoms with E-state index in [0.29, 0.717) is 18.7 Å². The summed E-state index contributed by atoms with van der Waals surface area (Å²) in [5.74, 6) is -0.219. The second-order valence-electron chi connectivity index (χ2n) is 5.14. The van der Waals surface area contributed by atoms with Crippen LogP contribution in [0.3, 0.4) is 0 Å². The summed E-state index contributed by atoms with van der Waals surface area (Å²) in [5.41, 5.74) is 7.75. The van der Waals surface area contributed by atoms with Gasteiger partial charge < -0.3 is 10.5 Å². The van der Waals surface area contributed by atoms with E-state index < -0.39 is 5.60 Å². The molecule has 0 spiro atoms. The van der Waals surface area contributed by atoms with E-state index >= 15 is 0 Å². The van der Waals surface area contributed by atoms with E-state index in [0.717, 1.165) is 11.4 Å². The van der Waals surface area contributed by atoms with Gasteiger partial charge in [-0.25, -0.2) is 0 Å². The lowest BCUT2D eigenvalue weighted by atomic mass is 10.2. The average molecular weight is 239 g/mol. The van der Waals surface area contributed by atoms with Crippen LogP contribution < -0.4 is 5.73 Å². The van der Waals surface area contributed by atoms with Crippen LogP contribution in [0.5, 0.6) is 0 Å². The van der Waals surface area contributed by atoms with Gasteiger partial charge in [0.05, 0.1) is 30.0 Å². The van der Waals surface area contributed by atoms with Gasteiger partial charge in [-0.3, -0.25) is 9.48 Å². The molecular weight excluding hydrogens is 218 g/mol. The number of anilines is 1. The molecule has 5 nitrogen and oxygen atoms in total. The summed E-state index contributed by atoms with van der Waals surface area (Å²) in [7, 11) is 0. The van der Waals surface area contributed by atoms with E-state index in [1.165, 1.54) is 0 Å². The summed E-state index contributed by atoms with van der Waals surface area (Å²) in [6.45, 7) is 9.81. The summed E-state index contributed by atoms with van der Waals surface area (Å²) < 4.78 is 6.97. The maximum absolute atomic E-state index is 11.5. The summed E-state index contributed by atoms with van der Waals surface area (Å²) in [6.07, 6.45) is 0.304. The van der Waals surface area contributed by atoms with E-state index in [9.17, 15) is 4.79 Å². The third-order valence-electron chi connectivity index (χ3n) is 2.39. The third-order valence-corrected chi connectivity index (χ3v) is 2.39. The van der Waals surface area contributed by atoms with Crippen molar-refractivity contribution in [2.75, 3.05) is 5.73 Å². The predicted molar refractivity (Wildman–Crippen MR) is 66.6 cm³/mol. The van der Waals surface area contributed by atoms with Crippen molar-refractivity contribution in [2.45, 2.75) is 53.2 Å². The maximum atomic E-state index is 11.5. The Labute approximate surface area is 102 Å². The number of esters is 1. The van der Waals surface area contributed by atoms with Crippen molar-refractivity contribution < 1.29 is 9.53 Å². The lowest BCUT2D eigenvalue weighted by molar-refractivity contribution is -0.155. The summed E-state index contributed by atoms with van der Waals surface area (Å²) in [4.78, 5) is 11.5. The number of aryl methyl sites for hydroxylation is 2. The molecular formula is C12H21N3O2. The van der Waals surface area contributed by atoms with Crippen molar-refractivity contribution in [2.24, 2.45) is 0 Å². The molecule has 0 unspecified atom stereocenters. The second kappa shape index (κ2) is 4.77. The number of rotatable bonds is 3. The molecule has 0 fully saturated rings. The molecule has 0 saturated carbocycles. The molecule has 0 bridgehead atoms. The lowest BCUT2D eigenvalue weighted by Crippen LogP contribution is -2.24. The topological polar surface area (TPSA) is 70.1 Å². The van der Waals surface area contributed by atoms with Gasteiger partial charge in [-0.2, -0.15) is 5.10 Å². The summed E-state index contributed by atoms with van der Waals surface area (Å²) >= 11 is 0. The number of aromatic nitrogens is 2. The van der Waals surface area contributed by atoms with Gasteiger partial charge >= 0.3 is 5.97 Å². The Morgan fingerprint density at radius 1 is 1.41 bits per heavy atom. The van der Waals surface area contributed by atoms with Crippen molar-refractivity contribution in [1.29, 1.82) is 0 Å². The van der Waals surface area contributed by atoms with Crippen LogP contribution in [0.25, 0.3) is 0 Å². The van der Waals surface area contributed by atoms with Crippen molar-refractivity contribution in [3.8, 4) is 0 Å². The van der Waals surface area contributed by atoms with Crippen LogP contribution in [-0.4, -0.2) is 21.4 Å². The van der Waals surface area contributed by atoms with E-state index in [-0.39, 0.29) is 5.97 Å². The van der Waals surface area contributed by atoms with Crippen LogP contribution in [-0.2, 0) is 16.1 Å². The standard InChI is InChI=1S/C12H21N3O2/c1-8-11(13)9(2)15(14-8)7-6-10(16)17-12(3,4)5/h6-7,13H2,1-5H3. The highest BCUT2D eigenvalue weighted by atomic mass is 16.6. The SMILES string of the molecule is Cc1nn(CCC(=O)OC(C)(C)C)c(C)c1N. The smallest absolute Gasteiger partial charge is 0.308 e. The Hall–Kier alpha value is -1.52. The molecule has 0 amide bonds. The first-order chi connectivity index (χ1) is 7.70. The molecule has 1 aromatic rings. The molecule has 0 saturated heterocycles. The number of carbonyl (C=O) groups is 1. The van der Waals surface area contributed by atoms with E-state index in [2.05, 4.69) is 5.10 Å². The van der Waals surface area contributed by atoms with Gasteiger partial charge in [-0.15, -0.1) is 0 Å². The molecule has 0 atom stereocenters. The van der Waals surface area contributed by atoms with Crippen LogP contribution in [0.2, 0.25) is 0 Å². The normalized spacial score (nSPS) is 11.6. The zero-order valence-electron chi connectivity index (χ0n) is 11.2. The third kappa shape index (κ3) is 3.76. The van der Waals surface area contributed by atoms with E-state index in [1.807, 2.05) is 34.6 Å². The van der Waals surface area contributed by atoms with Gasteiger partial charge in [-0.05, 0) is 34.6 Å². The van der Waals surface area contributed by atoms with Gasteiger partial charge in [0.25, 0.3) is 0 Å². The number of nitrogens with zero attached hydrogens (tertiary/aromatic N) is 2. The molecule has 96 valence electrons. The first-order valence-electron chi connectivity index (χ1n) is 5.72. The second-order valence-corrected chi connectivity index (χ2v) is 5.14. The molecule has 1 aromatic heterocycles. The number of hydrogen-bond acceptors (Lipinski definition) is 4. The largest absolute Gasteiger partial charge is 0.460 e. The maximum Gasteiger partial charge on any atom is 0.308 e. The molecule has 0 radical (unpaired) electrons. The number of carbonyl (C=O) groups excluding carboxylic acids is 1. The fraction of sp³-hybridized carbons (Fsp3) is 0.667. The fourth-order valence-corrected chi connectivity index (χ4v) is 1.52. The lowest BCUT2D eigenvalue weighted by Gasteiger charge is -2.19. The predicted octanol–water partition coefficient (Wildman–Crippen LogP) is 1.81. The fourth-order valence-electron chi connectivity index (χ4n) is 1.52. The minimum absolute atomic E-state index is 0.219. The van der Waals surface area contributed by atoms with Gasteiger partial charge in [0.15, 0.2) is 0 Å². The van der Waals surface area contributed by atoms with Gasteiger partial charge in [0, 0.05) is 0 Å². The highest BCUT2D eigenvalue weighted by Gasteiger charge is 2.17. The summed E-state index contributed by atoms with van der Waals surface area (Å²) in [5, 5.41) is 4.26. The molecule has 0 aromatic carbocycles. The Bertz CT molecular complexity index is 416. The quantitative estimate of drug-likeness (QED) is 0.817. The number of ether oxygens (including phenoxy) is 1. The molecule has 0 aliphatic carbocycles. The van der Waals surface area contributed by atoms with Crippen LogP contribution in [0.4, 0.5) is 5.69 Å². The summed E-state index contributed by atoms with van der Waals surface area (Å²) in [6, 6.07) is 0. The Kier molecular flexibility index (Phi) is 3.80. The van der Waals surface area contributed by atoms with Crippen molar-refractivity contribution >= 4 is 11.7 Å². The number of nitrogen functional groups attached to an aromatic ring is 1. The van der Waals surface area contributed by atoms with Gasteiger partial charge in [-0.1, -0.05) is 0 Å². The Balaban J connectivity index is 2.56. The minimum Gasteiger partial charge on any atom is -0.460 e. The van der Waals surface area contributed by atoms with Crippen molar-refractivity contribution in [3.05, 3.63) is 11.4 Å². The molecule has 0 aliphatic rings. The first kappa shape index (κ1) is 13.5.